The number of hydrogen-bond donors (Lipinski definition) is 1. The van der Waals surface area contributed by atoms with Crippen molar-refractivity contribution in [3.63, 3.8) is 0 Å². The number of aromatic nitrogens is 3. The molecule has 2 aliphatic rings. The van der Waals surface area contributed by atoms with E-state index in [4.69, 9.17) is 10.8 Å². The summed E-state index contributed by atoms with van der Waals surface area (Å²) in [6, 6.07) is 7.97. The van der Waals surface area contributed by atoms with Crippen molar-refractivity contribution in [2.24, 2.45) is 11.8 Å². The number of carbonyl (C=O) groups excluding carboxylic acids is 2. The second-order valence-electron chi connectivity index (χ2n) is 8.11. The number of rotatable bonds is 6. The Hall–Kier alpha value is -3.48. The van der Waals surface area contributed by atoms with E-state index in [0.717, 1.165) is 53.3 Å². The molecule has 2 atom stereocenters. The molecule has 1 aliphatic carbocycles. The van der Waals surface area contributed by atoms with Gasteiger partial charge in [-0.3, -0.25) is 19.2 Å². The van der Waals surface area contributed by atoms with Gasteiger partial charge in [0.2, 0.25) is 11.8 Å². The molecule has 31 heavy (non-hydrogen) atoms. The number of para-hydroxylation sites is 1. The lowest BCUT2D eigenvalue weighted by atomic mass is 9.91. The number of amides is 2. The lowest BCUT2D eigenvalue weighted by molar-refractivity contribution is -0.139. The van der Waals surface area contributed by atoms with Crippen LogP contribution >= 0.6 is 0 Å². The van der Waals surface area contributed by atoms with E-state index >= 15 is 0 Å². The Kier molecular flexibility index (Phi) is 4.81. The molecule has 3 aromatic rings. The summed E-state index contributed by atoms with van der Waals surface area (Å²) in [5.41, 5.74) is 8.93. The van der Waals surface area contributed by atoms with Crippen LogP contribution in [0.15, 0.2) is 48.6 Å². The summed E-state index contributed by atoms with van der Waals surface area (Å²) in [4.78, 5) is 31.2. The van der Waals surface area contributed by atoms with E-state index in [0.29, 0.717) is 12.4 Å². The molecule has 158 valence electrons. The minimum absolute atomic E-state index is 0.0792. The Morgan fingerprint density at radius 3 is 2.45 bits per heavy atom. The number of pyridine rings is 1. The van der Waals surface area contributed by atoms with Crippen LogP contribution in [0.25, 0.3) is 21.8 Å². The van der Waals surface area contributed by atoms with E-state index in [-0.39, 0.29) is 23.7 Å². The molecule has 2 amide bonds. The molecule has 7 heteroatoms. The van der Waals surface area contributed by atoms with E-state index in [9.17, 15) is 9.59 Å². The zero-order chi connectivity index (χ0) is 21.5. The summed E-state index contributed by atoms with van der Waals surface area (Å²) in [6.45, 7) is 3.25. The number of aryl methyl sites for hydroxylation is 2. The van der Waals surface area contributed by atoms with Gasteiger partial charge in [0, 0.05) is 29.6 Å². The summed E-state index contributed by atoms with van der Waals surface area (Å²) in [5.74, 6) is -0.372. The quantitative estimate of drug-likeness (QED) is 0.493. The summed E-state index contributed by atoms with van der Waals surface area (Å²) >= 11 is 0. The number of nitrogen functional groups attached to an aromatic ring is 1. The average Bonchev–Trinajstić information content (AvgIpc) is 3.28. The number of unbranched alkanes of at least 4 members (excludes halogenated alkanes) is 1. The standard InChI is InChI=1S/C24H25N5O2/c1-2-29-19(20-17-11-5-6-12-18(17)26-22(25)21(20)27-29)13-7-8-14-28-23(30)15-9-3-4-10-16(15)24(28)31/h3-6,9-12,15-16H,2,7-8,13-14H2,1H3,(H2,25,26). The number of imide groups is 1. The third kappa shape index (κ3) is 3.12. The van der Waals surface area contributed by atoms with Crippen molar-refractivity contribution in [3.8, 4) is 0 Å². The molecule has 0 bridgehead atoms. The van der Waals surface area contributed by atoms with Crippen molar-refractivity contribution in [2.45, 2.75) is 32.7 Å². The maximum Gasteiger partial charge on any atom is 0.237 e. The molecular formula is C24H25N5O2. The minimum atomic E-state index is -0.329. The van der Waals surface area contributed by atoms with Crippen LogP contribution < -0.4 is 5.73 Å². The van der Waals surface area contributed by atoms with Crippen molar-refractivity contribution in [1.29, 1.82) is 0 Å². The number of anilines is 1. The lowest BCUT2D eigenvalue weighted by Crippen LogP contribution is -2.32. The highest BCUT2D eigenvalue weighted by Gasteiger charge is 2.45. The van der Waals surface area contributed by atoms with E-state index < -0.39 is 0 Å². The largest absolute Gasteiger partial charge is 0.382 e. The number of allylic oxidation sites excluding steroid dienone is 2. The highest BCUT2D eigenvalue weighted by atomic mass is 16.2. The van der Waals surface area contributed by atoms with Gasteiger partial charge in [-0.2, -0.15) is 5.10 Å². The normalized spacial score (nSPS) is 20.4. The Bertz CT molecular complexity index is 1230. The van der Waals surface area contributed by atoms with Gasteiger partial charge in [-0.1, -0.05) is 42.5 Å². The Labute approximate surface area is 180 Å². The Morgan fingerprint density at radius 1 is 1.03 bits per heavy atom. The molecule has 0 saturated carbocycles. The second kappa shape index (κ2) is 7.65. The minimum Gasteiger partial charge on any atom is -0.382 e. The molecule has 3 heterocycles. The summed E-state index contributed by atoms with van der Waals surface area (Å²) < 4.78 is 1.99. The van der Waals surface area contributed by atoms with Gasteiger partial charge < -0.3 is 5.73 Å². The van der Waals surface area contributed by atoms with Crippen LogP contribution in [0.2, 0.25) is 0 Å². The first-order chi connectivity index (χ1) is 15.1. The van der Waals surface area contributed by atoms with Gasteiger partial charge in [0.25, 0.3) is 0 Å². The summed E-state index contributed by atoms with van der Waals surface area (Å²) in [5, 5.41) is 6.81. The van der Waals surface area contributed by atoms with E-state index in [1.54, 1.807) is 0 Å². The number of fused-ring (bicyclic) bond motifs is 4. The molecule has 1 saturated heterocycles. The zero-order valence-electron chi connectivity index (χ0n) is 17.5. The molecule has 1 fully saturated rings. The van der Waals surface area contributed by atoms with Gasteiger partial charge in [0.15, 0.2) is 5.82 Å². The molecule has 5 rings (SSSR count). The van der Waals surface area contributed by atoms with E-state index in [1.165, 1.54) is 4.90 Å². The number of nitrogens with zero attached hydrogens (tertiary/aromatic N) is 4. The van der Waals surface area contributed by atoms with Crippen molar-refractivity contribution in [1.82, 2.24) is 19.7 Å². The van der Waals surface area contributed by atoms with Crippen LogP contribution in [0, 0.1) is 11.8 Å². The van der Waals surface area contributed by atoms with Gasteiger partial charge in [-0.25, -0.2) is 4.98 Å². The van der Waals surface area contributed by atoms with Crippen molar-refractivity contribution < 1.29 is 9.59 Å². The van der Waals surface area contributed by atoms with Crippen molar-refractivity contribution in [3.05, 3.63) is 54.3 Å². The van der Waals surface area contributed by atoms with Crippen molar-refractivity contribution >= 4 is 39.4 Å². The topological polar surface area (TPSA) is 94.1 Å². The third-order valence-corrected chi connectivity index (χ3v) is 6.30. The van der Waals surface area contributed by atoms with E-state index in [1.807, 2.05) is 47.2 Å². The maximum atomic E-state index is 12.6. The first-order valence-corrected chi connectivity index (χ1v) is 10.8. The first-order valence-electron chi connectivity index (χ1n) is 10.8. The summed E-state index contributed by atoms with van der Waals surface area (Å²) in [7, 11) is 0. The average molecular weight is 415 g/mol. The third-order valence-electron chi connectivity index (χ3n) is 6.30. The lowest BCUT2D eigenvalue weighted by Gasteiger charge is -2.14. The first kappa shape index (κ1) is 19.5. The van der Waals surface area contributed by atoms with E-state index in [2.05, 4.69) is 18.0 Å². The Morgan fingerprint density at radius 2 is 1.74 bits per heavy atom. The predicted octanol–water partition coefficient (Wildman–Crippen LogP) is 3.24. The van der Waals surface area contributed by atoms with Gasteiger partial charge in [0.1, 0.15) is 5.52 Å². The highest BCUT2D eigenvalue weighted by molar-refractivity contribution is 6.09. The Balaban J connectivity index is 1.36. The fraction of sp³-hybridized carbons (Fsp3) is 0.333. The van der Waals surface area contributed by atoms with Gasteiger partial charge in [-0.15, -0.1) is 0 Å². The van der Waals surface area contributed by atoms with Crippen molar-refractivity contribution in [2.75, 3.05) is 12.3 Å². The van der Waals surface area contributed by atoms with Gasteiger partial charge >= 0.3 is 0 Å². The van der Waals surface area contributed by atoms with Crippen LogP contribution in [0.1, 0.15) is 25.5 Å². The number of benzene rings is 1. The van der Waals surface area contributed by atoms with Gasteiger partial charge in [-0.05, 0) is 32.3 Å². The molecule has 2 aromatic heterocycles. The van der Waals surface area contributed by atoms with Crippen LogP contribution in [0.4, 0.5) is 5.82 Å². The molecule has 1 aromatic carbocycles. The molecular weight excluding hydrogens is 390 g/mol. The molecule has 2 N–H and O–H groups in total. The monoisotopic (exact) mass is 415 g/mol. The van der Waals surface area contributed by atoms with Crippen LogP contribution in [0.5, 0.6) is 0 Å². The number of hydrogen-bond acceptors (Lipinski definition) is 5. The summed E-state index contributed by atoms with van der Waals surface area (Å²) in [6.07, 6.45) is 9.74. The van der Waals surface area contributed by atoms with Crippen LogP contribution in [0.3, 0.4) is 0 Å². The molecule has 1 aliphatic heterocycles. The molecule has 0 radical (unpaired) electrons. The smallest absolute Gasteiger partial charge is 0.237 e. The molecule has 7 nitrogen and oxygen atoms in total. The number of likely N-dealkylation sites (tertiary alicyclic amines) is 1. The fourth-order valence-corrected chi connectivity index (χ4v) is 4.77. The van der Waals surface area contributed by atoms with Gasteiger partial charge in [0.05, 0.1) is 17.4 Å². The fourth-order valence-electron chi connectivity index (χ4n) is 4.77. The van der Waals surface area contributed by atoms with Crippen LogP contribution in [-0.2, 0) is 22.6 Å². The number of carbonyl (C=O) groups is 2. The SMILES string of the molecule is CCn1nc2c(N)nc3ccccc3c2c1CCCCN1C(=O)C2C=CC=CC2C1=O. The van der Waals surface area contributed by atoms with Crippen LogP contribution in [-0.4, -0.2) is 38.0 Å². The highest BCUT2D eigenvalue weighted by Crippen LogP contribution is 2.33. The molecule has 0 spiro atoms. The second-order valence-corrected chi connectivity index (χ2v) is 8.11. The molecule has 2 unspecified atom stereocenters. The zero-order valence-corrected chi connectivity index (χ0v) is 17.5. The predicted molar refractivity (Wildman–Crippen MR) is 120 cm³/mol. The number of nitrogens with two attached hydrogens (primary N) is 1. The maximum absolute atomic E-state index is 12.6.